The lowest BCUT2D eigenvalue weighted by Crippen LogP contribution is -2.31. The average Bonchev–Trinajstić information content (AvgIpc) is 2.93. The first-order valence-corrected chi connectivity index (χ1v) is 8.39. The van der Waals surface area contributed by atoms with Crippen molar-refractivity contribution in [2.75, 3.05) is 23.7 Å². The monoisotopic (exact) mass is 287 g/mol. The van der Waals surface area contributed by atoms with Gasteiger partial charge in [-0.05, 0) is 38.0 Å². The summed E-state index contributed by atoms with van der Waals surface area (Å²) >= 11 is 0. The van der Waals surface area contributed by atoms with Crippen LogP contribution in [0.5, 0.6) is 0 Å². The molecule has 3 aliphatic rings. The van der Waals surface area contributed by atoms with Gasteiger partial charge in [-0.3, -0.25) is 0 Å². The maximum Gasteiger partial charge on any atom is 0.222 e. The second-order valence-corrected chi connectivity index (χ2v) is 6.95. The van der Waals surface area contributed by atoms with E-state index in [0.717, 1.165) is 37.7 Å². The van der Waals surface area contributed by atoms with E-state index in [1.54, 1.807) is 0 Å². The van der Waals surface area contributed by atoms with Crippen LogP contribution in [0.2, 0.25) is 0 Å². The highest BCUT2D eigenvalue weighted by atomic mass is 15.2. The van der Waals surface area contributed by atoms with Gasteiger partial charge in [-0.25, -0.2) is 4.98 Å². The molecule has 2 fully saturated rings. The lowest BCUT2D eigenvalue weighted by atomic mass is 9.70. The number of fused-ring (bicyclic) bond motifs is 3. The highest BCUT2D eigenvalue weighted by molar-refractivity contribution is 5.54. The number of nitrogen functional groups attached to an aromatic ring is 1. The first-order valence-electron chi connectivity index (χ1n) is 8.39. The summed E-state index contributed by atoms with van der Waals surface area (Å²) in [7, 11) is 0. The zero-order valence-corrected chi connectivity index (χ0v) is 12.6. The van der Waals surface area contributed by atoms with Gasteiger partial charge in [0.1, 0.15) is 5.82 Å². The molecule has 5 heteroatoms. The summed E-state index contributed by atoms with van der Waals surface area (Å²) in [6.07, 6.45) is 8.78. The minimum atomic E-state index is 0.267. The third-order valence-corrected chi connectivity index (χ3v) is 5.58. The smallest absolute Gasteiger partial charge is 0.222 e. The number of aromatic nitrogens is 2. The summed E-state index contributed by atoms with van der Waals surface area (Å²) in [5.41, 5.74) is 14.7. The molecule has 5 nitrogen and oxygen atoms in total. The number of nitrogens with two attached hydrogens (primary N) is 2. The van der Waals surface area contributed by atoms with Crippen LogP contribution in [0, 0.1) is 5.92 Å². The van der Waals surface area contributed by atoms with Gasteiger partial charge >= 0.3 is 0 Å². The second-order valence-electron chi connectivity index (χ2n) is 6.95. The molecule has 1 saturated heterocycles. The van der Waals surface area contributed by atoms with E-state index >= 15 is 0 Å². The lowest BCUT2D eigenvalue weighted by Gasteiger charge is -2.37. The maximum atomic E-state index is 6.07. The Bertz CT molecular complexity index is 526. The Morgan fingerprint density at radius 2 is 1.90 bits per heavy atom. The number of anilines is 2. The normalized spacial score (nSPS) is 31.9. The van der Waals surface area contributed by atoms with Gasteiger partial charge in [0.2, 0.25) is 5.95 Å². The molecule has 1 aromatic rings. The van der Waals surface area contributed by atoms with E-state index in [1.807, 2.05) is 0 Å². The van der Waals surface area contributed by atoms with E-state index in [9.17, 15) is 0 Å². The van der Waals surface area contributed by atoms with Gasteiger partial charge in [0.25, 0.3) is 0 Å². The van der Waals surface area contributed by atoms with Crippen molar-refractivity contribution in [3.05, 3.63) is 11.3 Å². The first kappa shape index (κ1) is 13.3. The van der Waals surface area contributed by atoms with Gasteiger partial charge < -0.3 is 16.4 Å². The minimum Gasteiger partial charge on any atom is -0.368 e. The Hall–Kier alpha value is -1.36. The molecular formula is C16H25N5. The Balaban J connectivity index is 1.74. The van der Waals surface area contributed by atoms with Crippen LogP contribution < -0.4 is 16.4 Å². The third-order valence-electron chi connectivity index (χ3n) is 5.58. The molecule has 4 N–H and O–H groups in total. The summed E-state index contributed by atoms with van der Waals surface area (Å²) in [4.78, 5) is 11.6. The van der Waals surface area contributed by atoms with Gasteiger partial charge in [-0.2, -0.15) is 4.98 Å². The van der Waals surface area contributed by atoms with Crippen molar-refractivity contribution in [2.24, 2.45) is 11.7 Å². The van der Waals surface area contributed by atoms with Crippen molar-refractivity contribution in [2.45, 2.75) is 56.9 Å². The predicted molar refractivity (Wildman–Crippen MR) is 84.3 cm³/mol. The largest absolute Gasteiger partial charge is 0.368 e. The summed E-state index contributed by atoms with van der Waals surface area (Å²) in [5, 5.41) is 0. The molecule has 21 heavy (non-hydrogen) atoms. The number of nitrogens with zero attached hydrogens (tertiary/aromatic N) is 3. The number of rotatable bonds is 1. The van der Waals surface area contributed by atoms with Gasteiger partial charge in [0.05, 0.1) is 5.69 Å². The van der Waals surface area contributed by atoms with Crippen LogP contribution in [0.25, 0.3) is 0 Å². The molecule has 0 aromatic carbocycles. The summed E-state index contributed by atoms with van der Waals surface area (Å²) in [5.74, 6) is 2.95. The first-order chi connectivity index (χ1) is 10.2. The van der Waals surface area contributed by atoms with Gasteiger partial charge in [0, 0.05) is 30.6 Å². The van der Waals surface area contributed by atoms with Gasteiger partial charge in [-0.15, -0.1) is 0 Å². The molecule has 0 radical (unpaired) electrons. The van der Waals surface area contributed by atoms with E-state index in [0.29, 0.717) is 11.9 Å². The number of hydrogen-bond acceptors (Lipinski definition) is 5. The van der Waals surface area contributed by atoms with Crippen molar-refractivity contribution >= 4 is 11.8 Å². The molecule has 0 amide bonds. The standard InChI is InChI=1S/C16H25N5/c17-11-7-8-21(9-11)15-13-6-5-10-3-1-2-4-12(10)14(13)19-16(18)20-15/h10-12H,1-9,17H2,(H2,18,19,20)/t10-,11-,12+/m1/s1. The van der Waals surface area contributed by atoms with Crippen LogP contribution in [0.3, 0.4) is 0 Å². The molecule has 114 valence electrons. The van der Waals surface area contributed by atoms with E-state index in [2.05, 4.69) is 14.9 Å². The SMILES string of the molecule is Nc1nc2c(c(N3CC[C@@H](N)C3)n1)CC[C@H]1CCCC[C@H]21. The Morgan fingerprint density at radius 3 is 2.71 bits per heavy atom. The van der Waals surface area contributed by atoms with E-state index in [1.165, 1.54) is 43.4 Å². The molecule has 2 heterocycles. The average molecular weight is 287 g/mol. The van der Waals surface area contributed by atoms with Crippen molar-refractivity contribution in [3.63, 3.8) is 0 Å². The minimum absolute atomic E-state index is 0.267. The third kappa shape index (κ3) is 2.27. The molecule has 1 aliphatic heterocycles. The maximum absolute atomic E-state index is 6.07. The Morgan fingerprint density at radius 1 is 1.05 bits per heavy atom. The Kier molecular flexibility index (Phi) is 3.25. The molecule has 0 unspecified atom stereocenters. The van der Waals surface area contributed by atoms with Crippen LogP contribution in [-0.4, -0.2) is 29.1 Å². The molecule has 1 aromatic heterocycles. The summed E-state index contributed by atoms with van der Waals surface area (Å²) in [6, 6.07) is 0.267. The zero-order valence-electron chi connectivity index (χ0n) is 12.6. The fraction of sp³-hybridized carbons (Fsp3) is 0.750. The summed E-state index contributed by atoms with van der Waals surface area (Å²) < 4.78 is 0. The molecular weight excluding hydrogens is 262 g/mol. The highest BCUT2D eigenvalue weighted by Crippen LogP contribution is 2.46. The highest BCUT2D eigenvalue weighted by Gasteiger charge is 2.36. The fourth-order valence-corrected chi connectivity index (χ4v) is 4.54. The van der Waals surface area contributed by atoms with Gasteiger partial charge in [-0.1, -0.05) is 12.8 Å². The number of hydrogen-bond donors (Lipinski definition) is 2. The molecule has 0 bridgehead atoms. The molecule has 0 spiro atoms. The van der Waals surface area contributed by atoms with E-state index < -0.39 is 0 Å². The Labute approximate surface area is 126 Å². The van der Waals surface area contributed by atoms with Crippen molar-refractivity contribution in [1.82, 2.24) is 9.97 Å². The fourth-order valence-electron chi connectivity index (χ4n) is 4.54. The molecule has 1 saturated carbocycles. The molecule has 4 rings (SSSR count). The van der Waals surface area contributed by atoms with Crippen LogP contribution >= 0.6 is 0 Å². The van der Waals surface area contributed by atoms with Crippen LogP contribution in [-0.2, 0) is 6.42 Å². The van der Waals surface area contributed by atoms with Crippen molar-refractivity contribution in [1.29, 1.82) is 0 Å². The summed E-state index contributed by atoms with van der Waals surface area (Å²) in [6.45, 7) is 1.90. The van der Waals surface area contributed by atoms with Crippen LogP contribution in [0.15, 0.2) is 0 Å². The molecule has 3 atom stereocenters. The van der Waals surface area contributed by atoms with Gasteiger partial charge in [0.15, 0.2) is 0 Å². The van der Waals surface area contributed by atoms with Crippen molar-refractivity contribution in [3.8, 4) is 0 Å². The quantitative estimate of drug-likeness (QED) is 0.823. The van der Waals surface area contributed by atoms with Crippen LogP contribution in [0.4, 0.5) is 11.8 Å². The second kappa shape index (κ2) is 5.13. The molecule has 2 aliphatic carbocycles. The topological polar surface area (TPSA) is 81.1 Å². The van der Waals surface area contributed by atoms with E-state index in [-0.39, 0.29) is 6.04 Å². The predicted octanol–water partition coefficient (Wildman–Crippen LogP) is 1.82. The zero-order chi connectivity index (χ0) is 14.4. The lowest BCUT2D eigenvalue weighted by molar-refractivity contribution is 0.270. The van der Waals surface area contributed by atoms with E-state index in [4.69, 9.17) is 11.5 Å². The van der Waals surface area contributed by atoms with Crippen molar-refractivity contribution < 1.29 is 0 Å². The van der Waals surface area contributed by atoms with Crippen LogP contribution in [0.1, 0.15) is 55.7 Å².